The van der Waals surface area contributed by atoms with Crippen molar-refractivity contribution in [1.82, 2.24) is 0 Å². The summed E-state index contributed by atoms with van der Waals surface area (Å²) in [5.74, 6) is -0.333. The van der Waals surface area contributed by atoms with Crippen molar-refractivity contribution >= 4 is 39.8 Å². The third-order valence-corrected chi connectivity index (χ3v) is 6.18. The lowest BCUT2D eigenvalue weighted by Crippen LogP contribution is -2.15. The van der Waals surface area contributed by atoms with E-state index in [4.69, 9.17) is 18.9 Å². The lowest BCUT2D eigenvalue weighted by atomic mass is 10.1. The van der Waals surface area contributed by atoms with Crippen LogP contribution in [0, 0.1) is 6.92 Å². The Balaban J connectivity index is 1.98. The molecular formula is C24H24N2O7S. The molecule has 0 saturated carbocycles. The number of carbonyl (C=O) groups is 3. The first-order chi connectivity index (χ1) is 16.3. The fraction of sp³-hybridized carbons (Fsp3) is 0.208. The number of methoxy groups -OCH3 is 4. The Bertz CT molecular complexity index is 1240. The van der Waals surface area contributed by atoms with E-state index in [1.165, 1.54) is 28.4 Å². The number of carbonyl (C=O) groups excluding carboxylic acids is 3. The Hall–Kier alpha value is -4.05. The summed E-state index contributed by atoms with van der Waals surface area (Å²) in [6.07, 6.45) is 0. The molecule has 2 N–H and O–H groups in total. The standard InChI is InChI=1S/C24H24N2O7S/c1-13-19(24(29)33-5)23(26-21(27)15-8-6-7-9-17(15)31-3)34-20(13)22(28)25-16-12-14(30-2)10-11-18(16)32-4/h6-12H,1-5H3,(H,25,28)(H,26,27). The summed E-state index contributed by atoms with van der Waals surface area (Å²) >= 11 is 0.959. The number of nitrogens with one attached hydrogen (secondary N) is 2. The number of thiophene rings is 1. The molecule has 2 aromatic carbocycles. The molecule has 3 rings (SSSR count). The molecular weight excluding hydrogens is 460 g/mol. The number of ether oxygens (including phenoxy) is 4. The van der Waals surface area contributed by atoms with Gasteiger partial charge in [0.1, 0.15) is 22.2 Å². The molecule has 2 amide bonds. The van der Waals surface area contributed by atoms with E-state index in [1.807, 2.05) is 0 Å². The molecule has 3 aromatic rings. The molecule has 0 bridgehead atoms. The highest BCUT2D eigenvalue weighted by Crippen LogP contribution is 2.36. The first kappa shape index (κ1) is 24.6. The van der Waals surface area contributed by atoms with Crippen LogP contribution in [0.3, 0.4) is 0 Å². The van der Waals surface area contributed by atoms with Gasteiger partial charge in [-0.05, 0) is 36.8 Å². The van der Waals surface area contributed by atoms with Crippen molar-refractivity contribution in [1.29, 1.82) is 0 Å². The third kappa shape index (κ3) is 4.96. The largest absolute Gasteiger partial charge is 0.497 e. The van der Waals surface area contributed by atoms with Crippen LogP contribution in [0.2, 0.25) is 0 Å². The van der Waals surface area contributed by atoms with Crippen LogP contribution in [0.5, 0.6) is 17.2 Å². The van der Waals surface area contributed by atoms with E-state index in [0.29, 0.717) is 28.5 Å². The van der Waals surface area contributed by atoms with Crippen molar-refractivity contribution in [2.24, 2.45) is 0 Å². The second kappa shape index (κ2) is 10.7. The normalized spacial score (nSPS) is 10.3. The highest BCUT2D eigenvalue weighted by Gasteiger charge is 2.27. The lowest BCUT2D eigenvalue weighted by molar-refractivity contribution is 0.0601. The van der Waals surface area contributed by atoms with Gasteiger partial charge in [0.05, 0.1) is 50.1 Å². The van der Waals surface area contributed by atoms with E-state index in [9.17, 15) is 14.4 Å². The van der Waals surface area contributed by atoms with E-state index < -0.39 is 17.8 Å². The quantitative estimate of drug-likeness (QED) is 0.457. The van der Waals surface area contributed by atoms with Crippen LogP contribution < -0.4 is 24.8 Å². The van der Waals surface area contributed by atoms with E-state index in [2.05, 4.69) is 10.6 Å². The minimum Gasteiger partial charge on any atom is -0.497 e. The van der Waals surface area contributed by atoms with E-state index in [0.717, 1.165) is 11.3 Å². The predicted octanol–water partition coefficient (Wildman–Crippen LogP) is 4.37. The average molecular weight is 485 g/mol. The van der Waals surface area contributed by atoms with Gasteiger partial charge in [0.2, 0.25) is 0 Å². The number of hydrogen-bond donors (Lipinski definition) is 2. The molecule has 34 heavy (non-hydrogen) atoms. The Morgan fingerprint density at radius 3 is 2.18 bits per heavy atom. The topological polar surface area (TPSA) is 112 Å². The van der Waals surface area contributed by atoms with Crippen LogP contribution in [0.4, 0.5) is 10.7 Å². The fourth-order valence-electron chi connectivity index (χ4n) is 3.26. The number of hydrogen-bond acceptors (Lipinski definition) is 8. The number of esters is 1. The number of anilines is 2. The molecule has 0 saturated heterocycles. The molecule has 0 aliphatic rings. The zero-order chi connectivity index (χ0) is 24.8. The van der Waals surface area contributed by atoms with Crippen molar-refractivity contribution in [3.05, 3.63) is 64.0 Å². The second-order valence-electron chi connectivity index (χ2n) is 6.93. The van der Waals surface area contributed by atoms with Gasteiger partial charge in [-0.3, -0.25) is 9.59 Å². The molecule has 10 heteroatoms. The monoisotopic (exact) mass is 484 g/mol. The summed E-state index contributed by atoms with van der Waals surface area (Å²) in [6.45, 7) is 1.61. The van der Waals surface area contributed by atoms with Crippen molar-refractivity contribution in [3.8, 4) is 17.2 Å². The Morgan fingerprint density at radius 1 is 0.824 bits per heavy atom. The predicted molar refractivity (Wildman–Crippen MR) is 129 cm³/mol. The molecule has 0 radical (unpaired) electrons. The Kier molecular flexibility index (Phi) is 7.75. The van der Waals surface area contributed by atoms with Crippen LogP contribution in [0.15, 0.2) is 42.5 Å². The average Bonchev–Trinajstić information content (AvgIpc) is 3.18. The van der Waals surface area contributed by atoms with Gasteiger partial charge in [-0.1, -0.05) is 12.1 Å². The summed E-state index contributed by atoms with van der Waals surface area (Å²) in [7, 11) is 5.67. The molecule has 0 spiro atoms. The minimum atomic E-state index is -0.679. The third-order valence-electron chi connectivity index (χ3n) is 4.98. The first-order valence-electron chi connectivity index (χ1n) is 10.0. The molecule has 0 aliphatic carbocycles. The van der Waals surface area contributed by atoms with Crippen molar-refractivity contribution in [2.45, 2.75) is 6.92 Å². The van der Waals surface area contributed by atoms with Gasteiger partial charge in [0.25, 0.3) is 11.8 Å². The van der Waals surface area contributed by atoms with Crippen molar-refractivity contribution in [3.63, 3.8) is 0 Å². The summed E-state index contributed by atoms with van der Waals surface area (Å²) in [4.78, 5) is 38.8. The van der Waals surface area contributed by atoms with Crippen molar-refractivity contribution in [2.75, 3.05) is 39.1 Å². The smallest absolute Gasteiger partial charge is 0.341 e. The molecule has 1 heterocycles. The maximum Gasteiger partial charge on any atom is 0.341 e. The van der Waals surface area contributed by atoms with E-state index in [-0.39, 0.29) is 21.0 Å². The molecule has 0 unspecified atom stereocenters. The van der Waals surface area contributed by atoms with Gasteiger partial charge in [0.15, 0.2) is 0 Å². The fourth-order valence-corrected chi connectivity index (χ4v) is 4.34. The van der Waals surface area contributed by atoms with Gasteiger partial charge in [-0.2, -0.15) is 0 Å². The van der Waals surface area contributed by atoms with Gasteiger partial charge in [-0.25, -0.2) is 4.79 Å². The Morgan fingerprint density at radius 2 is 1.53 bits per heavy atom. The maximum absolute atomic E-state index is 13.2. The lowest BCUT2D eigenvalue weighted by Gasteiger charge is -2.11. The first-order valence-corrected chi connectivity index (χ1v) is 10.9. The summed E-state index contributed by atoms with van der Waals surface area (Å²) in [6, 6.07) is 11.6. The van der Waals surface area contributed by atoms with E-state index >= 15 is 0 Å². The summed E-state index contributed by atoms with van der Waals surface area (Å²) in [5, 5.41) is 5.67. The molecule has 178 valence electrons. The number of amides is 2. The minimum absolute atomic E-state index is 0.0958. The van der Waals surface area contributed by atoms with Gasteiger partial charge >= 0.3 is 5.97 Å². The molecule has 0 atom stereocenters. The maximum atomic E-state index is 13.2. The number of para-hydroxylation sites is 1. The van der Waals surface area contributed by atoms with Crippen LogP contribution in [-0.2, 0) is 4.74 Å². The summed E-state index contributed by atoms with van der Waals surface area (Å²) < 4.78 is 20.7. The van der Waals surface area contributed by atoms with E-state index in [1.54, 1.807) is 49.4 Å². The number of benzene rings is 2. The zero-order valence-electron chi connectivity index (χ0n) is 19.3. The molecule has 0 fully saturated rings. The van der Waals surface area contributed by atoms with Crippen LogP contribution in [-0.4, -0.2) is 46.2 Å². The van der Waals surface area contributed by atoms with Gasteiger partial charge in [-0.15, -0.1) is 11.3 Å². The number of rotatable bonds is 8. The van der Waals surface area contributed by atoms with Crippen molar-refractivity contribution < 1.29 is 33.3 Å². The van der Waals surface area contributed by atoms with Gasteiger partial charge in [0, 0.05) is 6.07 Å². The highest BCUT2D eigenvalue weighted by atomic mass is 32.1. The molecule has 0 aliphatic heterocycles. The van der Waals surface area contributed by atoms with Crippen LogP contribution in [0.25, 0.3) is 0 Å². The Labute approximate surface area is 200 Å². The SMILES string of the molecule is COC(=O)c1c(NC(=O)c2ccccc2OC)sc(C(=O)Nc2cc(OC)ccc2OC)c1C. The van der Waals surface area contributed by atoms with Crippen LogP contribution >= 0.6 is 11.3 Å². The highest BCUT2D eigenvalue weighted by molar-refractivity contribution is 7.19. The summed E-state index contributed by atoms with van der Waals surface area (Å²) in [5.41, 5.74) is 1.13. The zero-order valence-corrected chi connectivity index (χ0v) is 20.1. The van der Waals surface area contributed by atoms with Crippen LogP contribution in [0.1, 0.15) is 36.0 Å². The molecule has 1 aromatic heterocycles. The molecule has 9 nitrogen and oxygen atoms in total. The van der Waals surface area contributed by atoms with Gasteiger partial charge < -0.3 is 29.6 Å². The second-order valence-corrected chi connectivity index (χ2v) is 7.95.